The standard InChI is InChI=1S/CH4.Cr.Mn.H3N.Ni.Si/h1H4;;;1H3;;. The van der Waals surface area contributed by atoms with E-state index in [0.29, 0.717) is 0 Å². The van der Waals surface area contributed by atoms with Crippen LogP contribution in [0.4, 0.5) is 0 Å². The minimum Gasteiger partial charge on any atom is -0.344 e. The second kappa shape index (κ2) is 74.2. The van der Waals surface area contributed by atoms with E-state index in [1.54, 1.807) is 0 Å². The molecule has 0 aliphatic rings. The minimum atomic E-state index is 0. The molecule has 0 atom stereocenters. The van der Waals surface area contributed by atoms with Crippen LogP contribution in [0.25, 0.3) is 0 Å². The van der Waals surface area contributed by atoms with Crippen molar-refractivity contribution in [2.75, 3.05) is 0 Å². The second-order valence-electron chi connectivity index (χ2n) is 0. The molecule has 0 aliphatic carbocycles. The van der Waals surface area contributed by atoms with Gasteiger partial charge in [-0.15, -0.1) is 0 Å². The summed E-state index contributed by atoms with van der Waals surface area (Å²) in [5.41, 5.74) is 0. The molecule has 0 unspecified atom stereocenters. The third kappa shape index (κ3) is 43.0. The molecule has 5 heteroatoms. The molecule has 6 heavy (non-hydrogen) atoms. The normalized spacial score (nSPS) is 0. The van der Waals surface area contributed by atoms with Crippen molar-refractivity contribution < 1.29 is 50.9 Å². The van der Waals surface area contributed by atoms with Crippen LogP contribution in [0.5, 0.6) is 0 Å². The third-order valence-corrected chi connectivity index (χ3v) is 0. The second-order valence-corrected chi connectivity index (χ2v) is 0. The topological polar surface area (TPSA) is 35.0 Å². The van der Waals surface area contributed by atoms with Gasteiger partial charge in [-0.3, -0.25) is 0 Å². The molecule has 43 valence electrons. The van der Waals surface area contributed by atoms with Crippen LogP contribution >= 0.6 is 0 Å². The van der Waals surface area contributed by atoms with Crippen molar-refractivity contribution in [3.05, 3.63) is 0 Å². The Morgan fingerprint density at radius 1 is 1.00 bits per heavy atom. The molecule has 0 rings (SSSR count). The van der Waals surface area contributed by atoms with Gasteiger partial charge in [0, 0.05) is 61.9 Å². The first-order valence-electron chi connectivity index (χ1n) is 0. The summed E-state index contributed by atoms with van der Waals surface area (Å²) in [5, 5.41) is 0. The largest absolute Gasteiger partial charge is 0.344 e. The average Bonchev–Trinajstić information content (AvgIpc) is 0. The van der Waals surface area contributed by atoms with Gasteiger partial charge in [0.05, 0.1) is 0 Å². The summed E-state index contributed by atoms with van der Waals surface area (Å²) < 4.78 is 0. The summed E-state index contributed by atoms with van der Waals surface area (Å²) in [6, 6.07) is 0. The predicted molar refractivity (Wildman–Crippen MR) is 17.5 cm³/mol. The van der Waals surface area contributed by atoms with Crippen LogP contribution in [0.2, 0.25) is 0 Å². The summed E-state index contributed by atoms with van der Waals surface area (Å²) in [5.74, 6) is 0. The fraction of sp³-hybridized carbons (Fsp3) is 1.00. The maximum atomic E-state index is 0. The first-order valence-corrected chi connectivity index (χ1v) is 0. The summed E-state index contributed by atoms with van der Waals surface area (Å²) in [7, 11) is 0. The van der Waals surface area contributed by atoms with Gasteiger partial charge < -0.3 is 6.15 Å². The van der Waals surface area contributed by atoms with Gasteiger partial charge in [0.15, 0.2) is 0 Å². The number of hydrogen-bond donors (Lipinski definition) is 1. The van der Waals surface area contributed by atoms with E-state index in [1.807, 2.05) is 0 Å². The first kappa shape index (κ1) is 118. The van der Waals surface area contributed by atoms with Crippen LogP contribution in [0.15, 0.2) is 0 Å². The molecule has 0 heterocycles. The third-order valence-electron chi connectivity index (χ3n) is 0. The van der Waals surface area contributed by atoms with Crippen molar-refractivity contribution in [1.82, 2.24) is 6.15 Å². The Morgan fingerprint density at radius 2 is 1.00 bits per heavy atom. The summed E-state index contributed by atoms with van der Waals surface area (Å²) in [6.45, 7) is 0. The van der Waals surface area contributed by atoms with E-state index in [9.17, 15) is 0 Å². The van der Waals surface area contributed by atoms with Crippen molar-refractivity contribution in [1.29, 1.82) is 0 Å². The van der Waals surface area contributed by atoms with E-state index >= 15 is 0 Å². The van der Waals surface area contributed by atoms with Gasteiger partial charge in [0.1, 0.15) is 0 Å². The molecule has 0 bridgehead atoms. The summed E-state index contributed by atoms with van der Waals surface area (Å²) >= 11 is 0. The Balaban J connectivity index is 0. The smallest absolute Gasteiger partial charge is 0 e. The van der Waals surface area contributed by atoms with E-state index in [-0.39, 0.29) is 75.5 Å². The molecule has 0 aromatic rings. The van der Waals surface area contributed by atoms with Gasteiger partial charge in [-0.05, 0) is 0 Å². The minimum absolute atomic E-state index is 0. The Kier molecular flexibility index (Phi) is 1450. The first-order chi connectivity index (χ1) is 0. The molecule has 0 aliphatic heterocycles. The zero-order valence-electron chi connectivity index (χ0n) is 2.31. The molecular formula is CH7CrMnNNiSi. The van der Waals surface area contributed by atoms with E-state index < -0.39 is 0 Å². The number of hydrogen-bond acceptors (Lipinski definition) is 1. The molecule has 0 aromatic heterocycles. The zero-order chi connectivity index (χ0) is 0. The van der Waals surface area contributed by atoms with Crippen molar-refractivity contribution in [2.45, 2.75) is 7.43 Å². The van der Waals surface area contributed by atoms with Crippen LogP contribution < -0.4 is 6.15 Å². The van der Waals surface area contributed by atoms with Gasteiger partial charge in [0.25, 0.3) is 0 Å². The van der Waals surface area contributed by atoms with Gasteiger partial charge in [-0.25, -0.2) is 0 Å². The maximum absolute atomic E-state index is 0. The predicted octanol–water partition coefficient (Wildman–Crippen LogP) is 0.410. The van der Waals surface area contributed by atoms with Crippen LogP contribution in [0.3, 0.4) is 0 Å². The van der Waals surface area contributed by atoms with Gasteiger partial charge in [-0.1, -0.05) is 7.43 Å². The van der Waals surface area contributed by atoms with Crippen molar-refractivity contribution in [2.24, 2.45) is 0 Å². The Labute approximate surface area is 75.2 Å². The summed E-state index contributed by atoms with van der Waals surface area (Å²) in [6.07, 6.45) is 0. The summed E-state index contributed by atoms with van der Waals surface area (Å²) in [4.78, 5) is 0. The van der Waals surface area contributed by atoms with E-state index in [4.69, 9.17) is 0 Å². The average molecular weight is 227 g/mol. The van der Waals surface area contributed by atoms with Crippen LogP contribution in [-0.2, 0) is 50.9 Å². The van der Waals surface area contributed by atoms with Crippen molar-refractivity contribution in [3.63, 3.8) is 0 Å². The molecule has 0 spiro atoms. The molecule has 1 nitrogen and oxygen atoms in total. The Hall–Kier alpha value is 1.72. The van der Waals surface area contributed by atoms with Crippen LogP contribution in [-0.4, -0.2) is 11.0 Å². The van der Waals surface area contributed by atoms with Gasteiger partial charge >= 0.3 is 0 Å². The molecular weight excluding hydrogens is 220 g/mol. The van der Waals surface area contributed by atoms with E-state index in [0.717, 1.165) is 0 Å². The van der Waals surface area contributed by atoms with Gasteiger partial charge in [-0.2, -0.15) is 0 Å². The molecule has 0 saturated carbocycles. The van der Waals surface area contributed by atoms with Gasteiger partial charge in [0.2, 0.25) is 0 Å². The molecule has 0 fully saturated rings. The van der Waals surface area contributed by atoms with Crippen molar-refractivity contribution in [3.8, 4) is 0 Å². The Bertz CT molecular complexity index is 15.5. The molecule has 0 amide bonds. The molecule has 0 aromatic carbocycles. The van der Waals surface area contributed by atoms with Crippen molar-refractivity contribution >= 4 is 11.0 Å². The van der Waals surface area contributed by atoms with Crippen LogP contribution in [0, 0.1) is 0 Å². The maximum Gasteiger partial charge on any atom is 0 e. The quantitative estimate of drug-likeness (QED) is 0.597. The zero-order valence-corrected chi connectivity index (χ0v) is 6.75. The SMILES string of the molecule is C.N.[Cr].[Mn].[Ni].[Si]. The fourth-order valence-corrected chi connectivity index (χ4v) is 0. The fourth-order valence-electron chi connectivity index (χ4n) is 0. The number of rotatable bonds is 0. The Morgan fingerprint density at radius 3 is 1.00 bits per heavy atom. The molecule has 3 N–H and O–H groups in total. The monoisotopic (exact) mass is 226 g/mol. The molecule has 5 radical (unpaired) electrons. The van der Waals surface area contributed by atoms with E-state index in [2.05, 4.69) is 0 Å². The van der Waals surface area contributed by atoms with Crippen LogP contribution in [0.1, 0.15) is 7.43 Å². The van der Waals surface area contributed by atoms with E-state index in [1.165, 1.54) is 0 Å². The molecule has 0 saturated heterocycles.